The van der Waals surface area contributed by atoms with Gasteiger partial charge in [-0.2, -0.15) is 0 Å². The lowest BCUT2D eigenvalue weighted by Gasteiger charge is -2.13. The molecule has 0 bridgehead atoms. The van der Waals surface area contributed by atoms with E-state index in [0.29, 0.717) is 11.1 Å². The van der Waals surface area contributed by atoms with Crippen LogP contribution in [-0.2, 0) is 0 Å². The number of rotatable bonds is 5. The average Bonchev–Trinajstić information content (AvgIpc) is 3.22. The Morgan fingerprint density at radius 2 is 1.84 bits per heavy atom. The number of hydrogen-bond donors (Lipinski definition) is 0. The van der Waals surface area contributed by atoms with E-state index in [9.17, 15) is 4.79 Å². The van der Waals surface area contributed by atoms with Gasteiger partial charge in [0.25, 0.3) is 11.1 Å². The molecule has 3 rings (SSSR count). The van der Waals surface area contributed by atoms with Crippen molar-refractivity contribution >= 4 is 17.5 Å². The molecule has 0 N–H and O–H groups in total. The van der Waals surface area contributed by atoms with E-state index in [1.807, 2.05) is 26.8 Å². The molecule has 25 heavy (non-hydrogen) atoms. The van der Waals surface area contributed by atoms with Crippen molar-refractivity contribution in [2.75, 3.05) is 5.75 Å². The molecule has 0 aliphatic rings. The maximum absolute atomic E-state index is 12.6. The summed E-state index contributed by atoms with van der Waals surface area (Å²) in [5, 5.41) is 8.40. The van der Waals surface area contributed by atoms with Crippen molar-refractivity contribution in [3.8, 4) is 11.5 Å². The molecule has 2 aromatic heterocycles. The van der Waals surface area contributed by atoms with E-state index in [0.717, 1.165) is 28.0 Å². The van der Waals surface area contributed by atoms with E-state index in [1.165, 1.54) is 22.9 Å². The number of thioether (sulfide) groups is 1. The molecule has 0 saturated heterocycles. The summed E-state index contributed by atoms with van der Waals surface area (Å²) in [7, 11) is 0. The topological polar surface area (TPSA) is 69.1 Å². The molecule has 0 fully saturated rings. The zero-order chi connectivity index (χ0) is 18.1. The number of ketones is 1. The van der Waals surface area contributed by atoms with Crippen LogP contribution in [0.1, 0.15) is 38.4 Å². The second kappa shape index (κ2) is 6.88. The Kier molecular flexibility index (Phi) is 4.81. The predicted molar refractivity (Wildman–Crippen MR) is 97.2 cm³/mol. The fourth-order valence-electron chi connectivity index (χ4n) is 2.69. The monoisotopic (exact) mass is 356 g/mol. The van der Waals surface area contributed by atoms with Gasteiger partial charge in [0.1, 0.15) is 5.76 Å². The van der Waals surface area contributed by atoms with Crippen LogP contribution in [-0.4, -0.2) is 21.7 Å². The first kappa shape index (κ1) is 17.5. The minimum Gasteiger partial charge on any atom is -0.469 e. The van der Waals surface area contributed by atoms with Crippen LogP contribution >= 0.6 is 11.8 Å². The van der Waals surface area contributed by atoms with Gasteiger partial charge < -0.3 is 8.83 Å². The summed E-state index contributed by atoms with van der Waals surface area (Å²) in [5.74, 6) is 1.44. The van der Waals surface area contributed by atoms with Crippen LogP contribution in [0, 0.1) is 34.6 Å². The lowest BCUT2D eigenvalue weighted by molar-refractivity contribution is 0.102. The van der Waals surface area contributed by atoms with Crippen LogP contribution in [0.2, 0.25) is 0 Å². The molecule has 6 heteroatoms. The third-order valence-corrected chi connectivity index (χ3v) is 5.42. The standard InChI is InChI=1S/C19H20N2O3S/c1-10-8-16(13(4)12(3)11(10)2)17(22)9-25-19-21-20-18(24-19)15-6-7-23-14(15)5/h6-8H,9H2,1-5H3. The second-order valence-electron chi connectivity index (χ2n) is 6.09. The fourth-order valence-corrected chi connectivity index (χ4v) is 3.34. The van der Waals surface area contributed by atoms with Gasteiger partial charge in [-0.3, -0.25) is 4.79 Å². The first-order valence-electron chi connectivity index (χ1n) is 8.00. The highest BCUT2D eigenvalue weighted by Gasteiger charge is 2.17. The Balaban J connectivity index is 1.74. The second-order valence-corrected chi connectivity index (χ2v) is 7.02. The zero-order valence-corrected chi connectivity index (χ0v) is 15.8. The number of carbonyl (C=O) groups excluding carboxylic acids is 1. The summed E-state index contributed by atoms with van der Waals surface area (Å²) in [4.78, 5) is 12.6. The number of carbonyl (C=O) groups is 1. The molecule has 2 heterocycles. The number of hydrogen-bond acceptors (Lipinski definition) is 6. The van der Waals surface area contributed by atoms with Gasteiger partial charge in [0.15, 0.2) is 5.78 Å². The van der Waals surface area contributed by atoms with Crippen LogP contribution < -0.4 is 0 Å². The number of aryl methyl sites for hydroxylation is 2. The van der Waals surface area contributed by atoms with Gasteiger partial charge in [-0.05, 0) is 69.0 Å². The lowest BCUT2D eigenvalue weighted by atomic mass is 9.93. The van der Waals surface area contributed by atoms with E-state index in [2.05, 4.69) is 24.0 Å². The Morgan fingerprint density at radius 3 is 2.52 bits per heavy atom. The molecule has 0 aliphatic heterocycles. The molecule has 0 radical (unpaired) electrons. The van der Waals surface area contributed by atoms with E-state index in [-0.39, 0.29) is 11.5 Å². The number of aromatic nitrogens is 2. The highest BCUT2D eigenvalue weighted by molar-refractivity contribution is 7.99. The summed E-state index contributed by atoms with van der Waals surface area (Å²) in [6.45, 7) is 9.99. The minimum absolute atomic E-state index is 0.0629. The summed E-state index contributed by atoms with van der Waals surface area (Å²) >= 11 is 1.25. The van der Waals surface area contributed by atoms with Gasteiger partial charge in [-0.1, -0.05) is 11.8 Å². The van der Waals surface area contributed by atoms with Crippen LogP contribution in [0.5, 0.6) is 0 Å². The van der Waals surface area contributed by atoms with Crippen LogP contribution in [0.15, 0.2) is 32.5 Å². The predicted octanol–water partition coefficient (Wildman–Crippen LogP) is 4.85. The quantitative estimate of drug-likeness (QED) is 0.481. The first-order chi connectivity index (χ1) is 11.9. The number of benzene rings is 1. The fraction of sp³-hybridized carbons (Fsp3) is 0.316. The Morgan fingerprint density at radius 1 is 1.08 bits per heavy atom. The molecular formula is C19H20N2O3S. The van der Waals surface area contributed by atoms with Gasteiger partial charge in [0.2, 0.25) is 0 Å². The van der Waals surface area contributed by atoms with E-state index in [1.54, 1.807) is 12.3 Å². The molecule has 5 nitrogen and oxygen atoms in total. The maximum atomic E-state index is 12.6. The van der Waals surface area contributed by atoms with Crippen LogP contribution in [0.25, 0.3) is 11.5 Å². The number of nitrogens with zero attached hydrogens (tertiary/aromatic N) is 2. The van der Waals surface area contributed by atoms with Crippen molar-refractivity contribution in [1.29, 1.82) is 0 Å². The van der Waals surface area contributed by atoms with Gasteiger partial charge in [0.05, 0.1) is 17.6 Å². The van der Waals surface area contributed by atoms with Gasteiger partial charge >= 0.3 is 0 Å². The minimum atomic E-state index is 0.0629. The maximum Gasteiger partial charge on any atom is 0.277 e. The van der Waals surface area contributed by atoms with Crippen molar-refractivity contribution in [1.82, 2.24) is 10.2 Å². The normalized spacial score (nSPS) is 11.1. The molecule has 130 valence electrons. The Bertz CT molecular complexity index is 940. The van der Waals surface area contributed by atoms with Crippen molar-refractivity contribution in [2.45, 2.75) is 39.8 Å². The molecule has 3 aromatic rings. The Hall–Kier alpha value is -2.34. The number of furan rings is 1. The molecule has 0 saturated carbocycles. The van der Waals surface area contributed by atoms with Crippen LogP contribution in [0.3, 0.4) is 0 Å². The van der Waals surface area contributed by atoms with E-state index < -0.39 is 0 Å². The molecule has 1 aromatic carbocycles. The highest BCUT2D eigenvalue weighted by atomic mass is 32.2. The van der Waals surface area contributed by atoms with Crippen molar-refractivity contribution in [3.05, 3.63) is 52.0 Å². The summed E-state index contributed by atoms with van der Waals surface area (Å²) in [6.07, 6.45) is 1.58. The van der Waals surface area contributed by atoms with Crippen molar-refractivity contribution < 1.29 is 13.6 Å². The SMILES string of the molecule is Cc1cc(C(=O)CSc2nnc(-c3ccoc3C)o2)c(C)c(C)c1C. The van der Waals surface area contributed by atoms with Gasteiger partial charge in [-0.15, -0.1) is 10.2 Å². The highest BCUT2D eigenvalue weighted by Crippen LogP contribution is 2.28. The first-order valence-corrected chi connectivity index (χ1v) is 8.98. The van der Waals surface area contributed by atoms with Crippen molar-refractivity contribution in [3.63, 3.8) is 0 Å². The van der Waals surface area contributed by atoms with Gasteiger partial charge in [0, 0.05) is 5.56 Å². The van der Waals surface area contributed by atoms with E-state index >= 15 is 0 Å². The van der Waals surface area contributed by atoms with Crippen molar-refractivity contribution in [2.24, 2.45) is 0 Å². The molecule has 0 atom stereocenters. The molecular weight excluding hydrogens is 336 g/mol. The van der Waals surface area contributed by atoms with Gasteiger partial charge in [-0.25, -0.2) is 0 Å². The zero-order valence-electron chi connectivity index (χ0n) is 15.0. The summed E-state index contributed by atoms with van der Waals surface area (Å²) < 4.78 is 10.9. The third kappa shape index (κ3) is 3.39. The number of Topliss-reactive ketones (excluding diaryl/α,β-unsaturated/α-hetero) is 1. The average molecular weight is 356 g/mol. The largest absolute Gasteiger partial charge is 0.469 e. The van der Waals surface area contributed by atoms with E-state index in [4.69, 9.17) is 8.83 Å². The molecule has 0 amide bonds. The molecule has 0 spiro atoms. The summed E-state index contributed by atoms with van der Waals surface area (Å²) in [5.41, 5.74) is 6.10. The Labute approximate surface area is 150 Å². The smallest absolute Gasteiger partial charge is 0.277 e. The van der Waals surface area contributed by atoms with Crippen LogP contribution in [0.4, 0.5) is 0 Å². The lowest BCUT2D eigenvalue weighted by Crippen LogP contribution is -2.08. The third-order valence-electron chi connectivity index (χ3n) is 4.60. The summed E-state index contributed by atoms with van der Waals surface area (Å²) in [6, 6.07) is 3.75. The molecule has 0 aliphatic carbocycles. The molecule has 0 unspecified atom stereocenters.